The van der Waals surface area contributed by atoms with Crippen LogP contribution in [0, 0.1) is 0 Å². The molecule has 0 spiro atoms. The number of methoxy groups -OCH3 is 1. The summed E-state index contributed by atoms with van der Waals surface area (Å²) in [4.78, 5) is 12.3. The molecule has 3 aromatic heterocycles. The molecule has 6 heteroatoms. The molecule has 0 aliphatic carbocycles. The largest absolute Gasteiger partial charge is 0.497 e. The number of para-hydroxylation sites is 1. The molecule has 1 N–H and O–H groups in total. The van der Waals surface area contributed by atoms with Gasteiger partial charge in [0.1, 0.15) is 5.75 Å². The highest BCUT2D eigenvalue weighted by Gasteiger charge is 2.11. The highest BCUT2D eigenvalue weighted by atomic mass is 16.5. The lowest BCUT2D eigenvalue weighted by Crippen LogP contribution is -1.97. The first-order valence-corrected chi connectivity index (χ1v) is 9.22. The van der Waals surface area contributed by atoms with E-state index in [1.807, 2.05) is 40.9 Å². The Hall–Kier alpha value is -3.67. The molecular weight excluding hydrogens is 350 g/mol. The maximum Gasteiger partial charge on any atom is 0.252 e. The molecule has 0 atom stereocenters. The predicted octanol–water partition coefficient (Wildman–Crippen LogP) is 4.07. The summed E-state index contributed by atoms with van der Waals surface area (Å²) in [5.74, 6) is 2.23. The van der Waals surface area contributed by atoms with E-state index in [2.05, 4.69) is 39.3 Å². The monoisotopic (exact) mass is 369 g/mol. The van der Waals surface area contributed by atoms with Crippen molar-refractivity contribution in [3.05, 3.63) is 78.4 Å². The molecule has 0 saturated heterocycles. The molecule has 0 saturated carbocycles. The van der Waals surface area contributed by atoms with E-state index in [0.29, 0.717) is 5.78 Å². The number of ether oxygens (including phenoxy) is 1. The number of nitrogens with one attached hydrogen (secondary N) is 1. The number of benzene rings is 2. The van der Waals surface area contributed by atoms with E-state index in [9.17, 15) is 0 Å². The molecule has 0 amide bonds. The fraction of sp³-hybridized carbons (Fsp3) is 0.136. The summed E-state index contributed by atoms with van der Waals surface area (Å²) < 4.78 is 7.06. The van der Waals surface area contributed by atoms with Gasteiger partial charge in [0.05, 0.1) is 12.8 Å². The summed E-state index contributed by atoms with van der Waals surface area (Å²) in [6.07, 6.45) is 5.47. The molecule has 0 aliphatic heterocycles. The Morgan fingerprint density at radius 3 is 2.71 bits per heavy atom. The van der Waals surface area contributed by atoms with E-state index >= 15 is 0 Å². The van der Waals surface area contributed by atoms with E-state index in [4.69, 9.17) is 9.84 Å². The Morgan fingerprint density at radius 2 is 1.86 bits per heavy atom. The van der Waals surface area contributed by atoms with Crippen molar-refractivity contribution in [3.63, 3.8) is 0 Å². The summed E-state index contributed by atoms with van der Waals surface area (Å²) in [6.45, 7) is 0. The number of aromatic nitrogens is 5. The van der Waals surface area contributed by atoms with E-state index < -0.39 is 0 Å². The standard InChI is InChI=1S/C22H19N5O/c1-28-17-9-6-15(7-10-17)20-12-13-23-22-25-21(26-27(20)22)11-8-16-14-24-19-5-3-2-4-18(16)19/h2-7,9-10,12-14,24H,8,11H2,1H3. The Balaban J connectivity index is 1.44. The summed E-state index contributed by atoms with van der Waals surface area (Å²) in [5, 5.41) is 5.97. The topological polar surface area (TPSA) is 68.1 Å². The molecule has 2 aromatic carbocycles. The van der Waals surface area contributed by atoms with Crippen molar-refractivity contribution >= 4 is 16.7 Å². The van der Waals surface area contributed by atoms with Crippen molar-refractivity contribution in [3.8, 4) is 17.0 Å². The van der Waals surface area contributed by atoms with Crippen LogP contribution < -0.4 is 4.74 Å². The van der Waals surface area contributed by atoms with Crippen LogP contribution in [0.2, 0.25) is 0 Å². The zero-order valence-electron chi connectivity index (χ0n) is 15.5. The Bertz CT molecular complexity index is 1250. The number of hydrogen-bond donors (Lipinski definition) is 1. The summed E-state index contributed by atoms with van der Waals surface area (Å²) >= 11 is 0. The van der Waals surface area contributed by atoms with Crippen molar-refractivity contribution < 1.29 is 4.74 Å². The first-order valence-electron chi connectivity index (χ1n) is 9.22. The van der Waals surface area contributed by atoms with E-state index in [1.54, 1.807) is 13.3 Å². The normalized spacial score (nSPS) is 11.3. The van der Waals surface area contributed by atoms with Gasteiger partial charge in [-0.2, -0.15) is 9.50 Å². The number of fused-ring (bicyclic) bond motifs is 2. The van der Waals surface area contributed by atoms with Crippen LogP contribution >= 0.6 is 0 Å². The summed E-state index contributed by atoms with van der Waals surface area (Å²) in [7, 11) is 1.66. The van der Waals surface area contributed by atoms with Gasteiger partial charge < -0.3 is 9.72 Å². The average molecular weight is 369 g/mol. The molecule has 0 unspecified atom stereocenters. The molecule has 0 radical (unpaired) electrons. The number of H-pyrrole nitrogens is 1. The Morgan fingerprint density at radius 1 is 1.00 bits per heavy atom. The molecule has 0 bridgehead atoms. The highest BCUT2D eigenvalue weighted by molar-refractivity contribution is 5.83. The minimum atomic E-state index is 0.613. The van der Waals surface area contributed by atoms with Crippen molar-refractivity contribution in [1.82, 2.24) is 24.6 Å². The number of aryl methyl sites for hydroxylation is 2. The first-order chi connectivity index (χ1) is 13.8. The third kappa shape index (κ3) is 2.89. The van der Waals surface area contributed by atoms with Crippen molar-refractivity contribution in [2.45, 2.75) is 12.8 Å². The van der Waals surface area contributed by atoms with Crippen LogP contribution in [0.15, 0.2) is 67.0 Å². The molecule has 5 aromatic rings. The maximum atomic E-state index is 5.24. The number of rotatable bonds is 5. The fourth-order valence-electron chi connectivity index (χ4n) is 3.51. The number of nitrogens with zero attached hydrogens (tertiary/aromatic N) is 4. The zero-order valence-corrected chi connectivity index (χ0v) is 15.5. The first kappa shape index (κ1) is 16.5. The van der Waals surface area contributed by atoms with E-state index in [-0.39, 0.29) is 0 Å². The van der Waals surface area contributed by atoms with Gasteiger partial charge in [-0.3, -0.25) is 0 Å². The van der Waals surface area contributed by atoms with Crippen molar-refractivity contribution in [2.75, 3.05) is 7.11 Å². The van der Waals surface area contributed by atoms with Crippen LogP contribution in [0.5, 0.6) is 5.75 Å². The number of hydrogen-bond acceptors (Lipinski definition) is 4. The van der Waals surface area contributed by atoms with Gasteiger partial charge in [-0.05, 0) is 48.4 Å². The minimum Gasteiger partial charge on any atom is -0.497 e. The van der Waals surface area contributed by atoms with Gasteiger partial charge in [0.2, 0.25) is 0 Å². The van der Waals surface area contributed by atoms with E-state index in [1.165, 1.54) is 10.9 Å². The third-order valence-electron chi connectivity index (χ3n) is 4.96. The smallest absolute Gasteiger partial charge is 0.252 e. The molecule has 6 nitrogen and oxygen atoms in total. The molecule has 0 aliphatic rings. The number of aromatic amines is 1. The van der Waals surface area contributed by atoms with Crippen molar-refractivity contribution in [1.29, 1.82) is 0 Å². The van der Waals surface area contributed by atoms with Crippen LogP contribution in [0.4, 0.5) is 0 Å². The molecule has 5 rings (SSSR count). The fourth-order valence-corrected chi connectivity index (χ4v) is 3.51. The molecule has 3 heterocycles. The average Bonchev–Trinajstić information content (AvgIpc) is 3.36. The van der Waals surface area contributed by atoms with Crippen LogP contribution in [0.1, 0.15) is 11.4 Å². The highest BCUT2D eigenvalue weighted by Crippen LogP contribution is 2.23. The molecular formula is C22H19N5O. The second kappa shape index (κ2) is 6.81. The second-order valence-electron chi connectivity index (χ2n) is 6.66. The lowest BCUT2D eigenvalue weighted by molar-refractivity contribution is 0.415. The van der Waals surface area contributed by atoms with Gasteiger partial charge in [-0.1, -0.05) is 18.2 Å². The van der Waals surface area contributed by atoms with Gasteiger partial charge in [-0.15, -0.1) is 5.10 Å². The van der Waals surface area contributed by atoms with Gasteiger partial charge in [-0.25, -0.2) is 4.98 Å². The Kier molecular flexibility index (Phi) is 4.01. The van der Waals surface area contributed by atoms with Crippen LogP contribution in [0.3, 0.4) is 0 Å². The lowest BCUT2D eigenvalue weighted by Gasteiger charge is -2.05. The quantitative estimate of drug-likeness (QED) is 0.507. The lowest BCUT2D eigenvalue weighted by atomic mass is 10.1. The SMILES string of the molecule is COc1ccc(-c2ccnc3nc(CCc4c[nH]c5ccccc45)nn23)cc1. The predicted molar refractivity (Wildman–Crippen MR) is 108 cm³/mol. The maximum absolute atomic E-state index is 5.24. The summed E-state index contributed by atoms with van der Waals surface area (Å²) in [5.41, 5.74) is 4.43. The molecule has 28 heavy (non-hydrogen) atoms. The van der Waals surface area contributed by atoms with Gasteiger partial charge in [0.15, 0.2) is 5.82 Å². The van der Waals surface area contributed by atoms with Gasteiger partial charge in [0.25, 0.3) is 5.78 Å². The second-order valence-corrected chi connectivity index (χ2v) is 6.66. The minimum absolute atomic E-state index is 0.613. The Labute approximate surface area is 161 Å². The van der Waals surface area contributed by atoms with Gasteiger partial charge >= 0.3 is 0 Å². The van der Waals surface area contributed by atoms with Crippen LogP contribution in [-0.2, 0) is 12.8 Å². The zero-order chi connectivity index (χ0) is 18.9. The molecule has 0 fully saturated rings. The van der Waals surface area contributed by atoms with E-state index in [0.717, 1.165) is 41.2 Å². The van der Waals surface area contributed by atoms with Crippen LogP contribution in [-0.4, -0.2) is 31.7 Å². The van der Waals surface area contributed by atoms with Crippen molar-refractivity contribution in [2.24, 2.45) is 0 Å². The van der Waals surface area contributed by atoms with Gasteiger partial charge in [0, 0.05) is 35.3 Å². The summed E-state index contributed by atoms with van der Waals surface area (Å²) in [6, 6.07) is 18.2. The molecule has 138 valence electrons. The third-order valence-corrected chi connectivity index (χ3v) is 4.96. The van der Waals surface area contributed by atoms with Crippen LogP contribution in [0.25, 0.3) is 27.9 Å².